The van der Waals surface area contributed by atoms with E-state index in [0.717, 1.165) is 0 Å². The number of amides is 1. The number of rotatable bonds is 7. The Bertz CT molecular complexity index is 377. The molecular weight excluding hydrogens is 234 g/mol. The van der Waals surface area contributed by atoms with Gasteiger partial charge in [-0.3, -0.25) is 4.79 Å². The van der Waals surface area contributed by atoms with Crippen LogP contribution in [-0.2, 0) is 11.3 Å². The molecule has 102 valence electrons. The molecule has 0 radical (unpaired) electrons. The van der Waals surface area contributed by atoms with Crippen molar-refractivity contribution in [2.45, 2.75) is 20.4 Å². The zero-order valence-corrected chi connectivity index (χ0v) is 11.4. The van der Waals surface area contributed by atoms with Crippen LogP contribution >= 0.6 is 0 Å². The largest absolute Gasteiger partial charge is 0.407 e. The van der Waals surface area contributed by atoms with Gasteiger partial charge in [-0.1, -0.05) is 18.9 Å². The summed E-state index contributed by atoms with van der Waals surface area (Å²) in [5, 5.41) is 13.5. The number of likely N-dealkylation sites (N-methyl/N-ethyl adjacent to an activating group) is 1. The van der Waals surface area contributed by atoms with Gasteiger partial charge >= 0.3 is 6.01 Å². The van der Waals surface area contributed by atoms with E-state index in [4.69, 9.17) is 4.42 Å². The van der Waals surface area contributed by atoms with Crippen molar-refractivity contribution in [1.82, 2.24) is 20.8 Å². The van der Waals surface area contributed by atoms with Gasteiger partial charge < -0.3 is 20.0 Å². The first-order valence-electron chi connectivity index (χ1n) is 5.97. The summed E-state index contributed by atoms with van der Waals surface area (Å²) in [5.41, 5.74) is 0. The Morgan fingerprint density at radius 1 is 1.44 bits per heavy atom. The molecular formula is C11H21N5O2. The minimum absolute atomic E-state index is 0.0560. The minimum atomic E-state index is -0.0560. The maximum atomic E-state index is 11.6. The van der Waals surface area contributed by atoms with Gasteiger partial charge in [0.15, 0.2) is 0 Å². The van der Waals surface area contributed by atoms with Gasteiger partial charge in [-0.2, -0.15) is 0 Å². The summed E-state index contributed by atoms with van der Waals surface area (Å²) in [4.78, 5) is 13.2. The third-order valence-corrected chi connectivity index (χ3v) is 2.20. The molecule has 1 aromatic heterocycles. The number of anilines is 1. The van der Waals surface area contributed by atoms with E-state index in [1.54, 1.807) is 19.0 Å². The zero-order chi connectivity index (χ0) is 13.5. The molecule has 0 spiro atoms. The highest BCUT2D eigenvalue weighted by Crippen LogP contribution is 2.09. The highest BCUT2D eigenvalue weighted by atomic mass is 16.4. The summed E-state index contributed by atoms with van der Waals surface area (Å²) < 4.78 is 5.37. The summed E-state index contributed by atoms with van der Waals surface area (Å²) in [7, 11) is 3.54. The predicted molar refractivity (Wildman–Crippen MR) is 68.2 cm³/mol. The second-order valence-electron chi connectivity index (χ2n) is 4.56. The van der Waals surface area contributed by atoms with Crippen LogP contribution in [0.15, 0.2) is 4.42 Å². The molecule has 7 nitrogen and oxygen atoms in total. The van der Waals surface area contributed by atoms with E-state index >= 15 is 0 Å². The molecule has 18 heavy (non-hydrogen) atoms. The zero-order valence-electron chi connectivity index (χ0n) is 11.4. The molecule has 0 saturated carbocycles. The minimum Gasteiger partial charge on any atom is -0.407 e. The van der Waals surface area contributed by atoms with Crippen LogP contribution in [0.5, 0.6) is 0 Å². The number of nitrogens with one attached hydrogen (secondary N) is 2. The quantitative estimate of drug-likeness (QED) is 0.713. The summed E-state index contributed by atoms with van der Waals surface area (Å²) >= 11 is 0. The van der Waals surface area contributed by atoms with Crippen molar-refractivity contribution < 1.29 is 9.21 Å². The third-order valence-electron chi connectivity index (χ3n) is 2.20. The van der Waals surface area contributed by atoms with Crippen molar-refractivity contribution in [3.8, 4) is 0 Å². The van der Waals surface area contributed by atoms with Crippen molar-refractivity contribution in [3.63, 3.8) is 0 Å². The predicted octanol–water partition coefficient (Wildman–Crippen LogP) is -0.00260. The number of aromatic nitrogens is 2. The molecule has 1 rings (SSSR count). The molecule has 0 aliphatic carbocycles. The van der Waals surface area contributed by atoms with Crippen LogP contribution < -0.4 is 15.5 Å². The van der Waals surface area contributed by atoms with E-state index in [9.17, 15) is 4.79 Å². The number of carbonyl (C=O) groups excluding carboxylic acids is 1. The Balaban J connectivity index is 2.43. The van der Waals surface area contributed by atoms with E-state index in [1.165, 1.54) is 0 Å². The van der Waals surface area contributed by atoms with Crippen LogP contribution in [0.4, 0.5) is 6.01 Å². The highest BCUT2D eigenvalue weighted by Gasteiger charge is 2.13. The Morgan fingerprint density at radius 3 is 2.78 bits per heavy atom. The van der Waals surface area contributed by atoms with E-state index in [1.807, 2.05) is 13.8 Å². The molecule has 0 aromatic carbocycles. The maximum Gasteiger partial charge on any atom is 0.318 e. The number of hydrogen-bond donors (Lipinski definition) is 2. The van der Waals surface area contributed by atoms with Crippen LogP contribution in [0.25, 0.3) is 0 Å². The standard InChI is InChI=1S/C11H21N5O2/c1-8(2)5-13-9(17)7-16(4)11-15-14-10(18-11)6-12-3/h8,12H,5-7H2,1-4H3,(H,13,17). The number of nitrogens with zero attached hydrogens (tertiary/aromatic N) is 3. The third kappa shape index (κ3) is 4.70. The summed E-state index contributed by atoms with van der Waals surface area (Å²) in [6.07, 6.45) is 0. The van der Waals surface area contributed by atoms with Crippen molar-refractivity contribution in [1.29, 1.82) is 0 Å². The first-order chi connectivity index (χ1) is 8.52. The Hall–Kier alpha value is -1.63. The smallest absolute Gasteiger partial charge is 0.318 e. The average Bonchev–Trinajstić information content (AvgIpc) is 2.75. The lowest BCUT2D eigenvalue weighted by atomic mass is 10.2. The molecule has 7 heteroatoms. The molecule has 0 saturated heterocycles. The second kappa shape index (κ2) is 6.95. The average molecular weight is 255 g/mol. The van der Waals surface area contributed by atoms with Gasteiger partial charge in [0.1, 0.15) is 6.54 Å². The molecule has 0 fully saturated rings. The van der Waals surface area contributed by atoms with Gasteiger partial charge in [0, 0.05) is 13.6 Å². The summed E-state index contributed by atoms with van der Waals surface area (Å²) in [6.45, 7) is 5.48. The monoisotopic (exact) mass is 255 g/mol. The maximum absolute atomic E-state index is 11.6. The molecule has 2 N–H and O–H groups in total. The number of carbonyl (C=O) groups is 1. The normalized spacial score (nSPS) is 10.7. The van der Waals surface area contributed by atoms with Crippen molar-refractivity contribution in [3.05, 3.63) is 5.89 Å². The van der Waals surface area contributed by atoms with Crippen LogP contribution in [0.2, 0.25) is 0 Å². The molecule has 1 heterocycles. The Kier molecular flexibility index (Phi) is 5.57. The fourth-order valence-corrected chi connectivity index (χ4v) is 1.28. The lowest BCUT2D eigenvalue weighted by Crippen LogP contribution is -2.37. The topological polar surface area (TPSA) is 83.3 Å². The van der Waals surface area contributed by atoms with Crippen LogP contribution in [-0.4, -0.2) is 43.3 Å². The lowest BCUT2D eigenvalue weighted by molar-refractivity contribution is -0.119. The van der Waals surface area contributed by atoms with Crippen molar-refractivity contribution >= 4 is 11.9 Å². The first-order valence-corrected chi connectivity index (χ1v) is 5.97. The molecule has 0 aliphatic heterocycles. The van der Waals surface area contributed by atoms with E-state index < -0.39 is 0 Å². The van der Waals surface area contributed by atoms with Gasteiger partial charge in [-0.05, 0) is 13.0 Å². The summed E-state index contributed by atoms with van der Waals surface area (Å²) in [5.74, 6) is 0.881. The van der Waals surface area contributed by atoms with Gasteiger partial charge in [0.05, 0.1) is 6.54 Å². The van der Waals surface area contributed by atoms with Crippen LogP contribution in [0.1, 0.15) is 19.7 Å². The van der Waals surface area contributed by atoms with E-state index in [2.05, 4.69) is 20.8 Å². The van der Waals surface area contributed by atoms with Crippen molar-refractivity contribution in [2.24, 2.45) is 5.92 Å². The van der Waals surface area contributed by atoms with Crippen LogP contribution in [0, 0.1) is 5.92 Å². The Morgan fingerprint density at radius 2 is 2.17 bits per heavy atom. The highest BCUT2D eigenvalue weighted by molar-refractivity contribution is 5.80. The van der Waals surface area contributed by atoms with Crippen LogP contribution in [0.3, 0.4) is 0 Å². The van der Waals surface area contributed by atoms with E-state index in [0.29, 0.717) is 30.9 Å². The van der Waals surface area contributed by atoms with Gasteiger partial charge in [0.25, 0.3) is 0 Å². The fraction of sp³-hybridized carbons (Fsp3) is 0.727. The fourth-order valence-electron chi connectivity index (χ4n) is 1.28. The lowest BCUT2D eigenvalue weighted by Gasteiger charge is -2.14. The van der Waals surface area contributed by atoms with Gasteiger partial charge in [0.2, 0.25) is 11.8 Å². The molecule has 0 atom stereocenters. The number of hydrogen-bond acceptors (Lipinski definition) is 6. The molecule has 1 amide bonds. The van der Waals surface area contributed by atoms with Crippen molar-refractivity contribution in [2.75, 3.05) is 32.1 Å². The Labute approximate surface area is 107 Å². The SMILES string of the molecule is CNCc1nnc(N(C)CC(=O)NCC(C)C)o1. The van der Waals surface area contributed by atoms with E-state index in [-0.39, 0.29) is 12.5 Å². The van der Waals surface area contributed by atoms with Gasteiger partial charge in [-0.25, -0.2) is 0 Å². The molecule has 0 bridgehead atoms. The molecule has 0 aliphatic rings. The molecule has 0 unspecified atom stereocenters. The molecule has 1 aromatic rings. The first kappa shape index (κ1) is 14.4. The second-order valence-corrected chi connectivity index (χ2v) is 4.56. The summed E-state index contributed by atoms with van der Waals surface area (Å²) in [6, 6.07) is 0.347. The van der Waals surface area contributed by atoms with Gasteiger partial charge in [-0.15, -0.1) is 5.10 Å².